The van der Waals surface area contributed by atoms with E-state index in [1.54, 1.807) is 12.7 Å². The SMILES string of the molecule is c1ccc2c(c1)ccn2CCn1cncn1. The maximum absolute atomic E-state index is 4.09. The second-order valence-corrected chi connectivity index (χ2v) is 3.73. The van der Waals surface area contributed by atoms with Gasteiger partial charge >= 0.3 is 0 Å². The fraction of sp³-hybridized carbons (Fsp3) is 0.167. The summed E-state index contributed by atoms with van der Waals surface area (Å²) in [5.41, 5.74) is 1.27. The van der Waals surface area contributed by atoms with Crippen molar-refractivity contribution in [3.05, 3.63) is 49.2 Å². The van der Waals surface area contributed by atoms with Crippen molar-refractivity contribution in [3.8, 4) is 0 Å². The molecule has 0 fully saturated rings. The highest BCUT2D eigenvalue weighted by atomic mass is 15.3. The lowest BCUT2D eigenvalue weighted by Crippen LogP contribution is -2.06. The molecule has 4 heteroatoms. The smallest absolute Gasteiger partial charge is 0.137 e. The van der Waals surface area contributed by atoms with Crippen molar-refractivity contribution < 1.29 is 0 Å². The average molecular weight is 212 g/mol. The summed E-state index contributed by atoms with van der Waals surface area (Å²) in [6.07, 6.45) is 5.42. The predicted molar refractivity (Wildman–Crippen MR) is 62.0 cm³/mol. The van der Waals surface area contributed by atoms with Crippen LogP contribution in [-0.4, -0.2) is 19.3 Å². The van der Waals surface area contributed by atoms with Crippen LogP contribution in [0, 0.1) is 0 Å². The number of para-hydroxylation sites is 1. The Morgan fingerprint density at radius 2 is 2.00 bits per heavy atom. The van der Waals surface area contributed by atoms with Gasteiger partial charge in [-0.1, -0.05) is 18.2 Å². The van der Waals surface area contributed by atoms with Crippen LogP contribution in [0.5, 0.6) is 0 Å². The van der Waals surface area contributed by atoms with Gasteiger partial charge in [-0.3, -0.25) is 4.68 Å². The van der Waals surface area contributed by atoms with Crippen molar-refractivity contribution >= 4 is 10.9 Å². The number of nitrogens with zero attached hydrogens (tertiary/aromatic N) is 4. The average Bonchev–Trinajstić information content (AvgIpc) is 2.96. The summed E-state index contributed by atoms with van der Waals surface area (Å²) in [4.78, 5) is 3.93. The van der Waals surface area contributed by atoms with Crippen molar-refractivity contribution in [2.24, 2.45) is 0 Å². The summed E-state index contributed by atoms with van der Waals surface area (Å²) in [7, 11) is 0. The number of aryl methyl sites for hydroxylation is 2. The number of aromatic nitrogens is 4. The highest BCUT2D eigenvalue weighted by Gasteiger charge is 1.99. The minimum atomic E-state index is 0.846. The Morgan fingerprint density at radius 3 is 2.88 bits per heavy atom. The fourth-order valence-electron chi connectivity index (χ4n) is 1.89. The molecule has 0 aliphatic heterocycles. The molecule has 3 rings (SSSR count). The van der Waals surface area contributed by atoms with Crippen LogP contribution in [0.4, 0.5) is 0 Å². The Kier molecular flexibility index (Phi) is 2.18. The lowest BCUT2D eigenvalue weighted by atomic mass is 10.2. The van der Waals surface area contributed by atoms with Gasteiger partial charge in [0.25, 0.3) is 0 Å². The van der Waals surface area contributed by atoms with Crippen molar-refractivity contribution in [1.82, 2.24) is 19.3 Å². The zero-order valence-electron chi connectivity index (χ0n) is 8.82. The minimum Gasteiger partial charge on any atom is -0.346 e. The maximum atomic E-state index is 4.09. The Bertz CT molecular complexity index is 580. The van der Waals surface area contributed by atoms with Crippen LogP contribution < -0.4 is 0 Å². The summed E-state index contributed by atoms with van der Waals surface area (Å²) >= 11 is 0. The number of hydrogen-bond acceptors (Lipinski definition) is 2. The van der Waals surface area contributed by atoms with E-state index >= 15 is 0 Å². The summed E-state index contributed by atoms with van der Waals surface area (Å²) in [6, 6.07) is 10.5. The first-order valence-corrected chi connectivity index (χ1v) is 5.30. The Hall–Kier alpha value is -2.10. The number of rotatable bonds is 3. The summed E-state index contributed by atoms with van der Waals surface area (Å²) in [5.74, 6) is 0. The molecule has 2 heterocycles. The number of fused-ring (bicyclic) bond motifs is 1. The summed E-state index contributed by atoms with van der Waals surface area (Å²) in [6.45, 7) is 1.76. The van der Waals surface area contributed by atoms with Crippen molar-refractivity contribution in [1.29, 1.82) is 0 Å². The number of benzene rings is 1. The van der Waals surface area contributed by atoms with E-state index in [2.05, 4.69) is 51.2 Å². The molecule has 0 N–H and O–H groups in total. The molecule has 16 heavy (non-hydrogen) atoms. The van der Waals surface area contributed by atoms with E-state index in [0.717, 1.165) is 13.1 Å². The van der Waals surface area contributed by atoms with Crippen LogP contribution in [0.2, 0.25) is 0 Å². The Labute approximate surface area is 93.1 Å². The number of hydrogen-bond donors (Lipinski definition) is 0. The van der Waals surface area contributed by atoms with Gasteiger partial charge in [-0.2, -0.15) is 5.10 Å². The Morgan fingerprint density at radius 1 is 1.06 bits per heavy atom. The lowest BCUT2D eigenvalue weighted by Gasteiger charge is -2.04. The van der Waals surface area contributed by atoms with E-state index in [0.29, 0.717) is 0 Å². The molecule has 0 saturated heterocycles. The van der Waals surface area contributed by atoms with E-state index in [1.807, 2.05) is 4.68 Å². The van der Waals surface area contributed by atoms with Crippen molar-refractivity contribution in [2.75, 3.05) is 0 Å². The topological polar surface area (TPSA) is 35.6 Å². The normalized spacial score (nSPS) is 11.0. The van der Waals surface area contributed by atoms with Crippen LogP contribution >= 0.6 is 0 Å². The lowest BCUT2D eigenvalue weighted by molar-refractivity contribution is 0.541. The molecule has 0 bridgehead atoms. The molecule has 0 unspecified atom stereocenters. The third-order valence-corrected chi connectivity index (χ3v) is 2.72. The zero-order valence-corrected chi connectivity index (χ0v) is 8.82. The minimum absolute atomic E-state index is 0.846. The first kappa shape index (κ1) is 9.15. The van der Waals surface area contributed by atoms with E-state index in [4.69, 9.17) is 0 Å². The summed E-state index contributed by atoms with van der Waals surface area (Å²) in [5, 5.41) is 5.37. The van der Waals surface area contributed by atoms with Crippen LogP contribution in [-0.2, 0) is 13.1 Å². The first-order valence-electron chi connectivity index (χ1n) is 5.30. The van der Waals surface area contributed by atoms with Crippen LogP contribution in [0.15, 0.2) is 49.2 Å². The second kappa shape index (κ2) is 3.81. The highest BCUT2D eigenvalue weighted by molar-refractivity contribution is 5.79. The fourth-order valence-corrected chi connectivity index (χ4v) is 1.89. The molecular weight excluding hydrogens is 200 g/mol. The third-order valence-electron chi connectivity index (χ3n) is 2.72. The van der Waals surface area contributed by atoms with Gasteiger partial charge < -0.3 is 4.57 Å². The van der Waals surface area contributed by atoms with Crippen LogP contribution in [0.3, 0.4) is 0 Å². The Balaban J connectivity index is 1.84. The third kappa shape index (κ3) is 1.58. The summed E-state index contributed by atoms with van der Waals surface area (Å²) < 4.78 is 4.08. The molecular formula is C12H12N4. The predicted octanol–water partition coefficient (Wildman–Crippen LogP) is 1.93. The van der Waals surface area contributed by atoms with Gasteiger partial charge in [0.2, 0.25) is 0 Å². The molecule has 0 amide bonds. The molecule has 0 atom stereocenters. The van der Waals surface area contributed by atoms with Gasteiger partial charge in [0.05, 0.1) is 6.54 Å². The van der Waals surface area contributed by atoms with Crippen molar-refractivity contribution in [2.45, 2.75) is 13.1 Å². The van der Waals surface area contributed by atoms with Gasteiger partial charge in [0.1, 0.15) is 12.7 Å². The van der Waals surface area contributed by atoms with E-state index < -0.39 is 0 Å². The zero-order chi connectivity index (χ0) is 10.8. The van der Waals surface area contributed by atoms with Gasteiger partial charge in [-0.25, -0.2) is 4.98 Å². The molecule has 0 aliphatic rings. The van der Waals surface area contributed by atoms with Crippen molar-refractivity contribution in [3.63, 3.8) is 0 Å². The standard InChI is InChI=1S/C12H12N4/c1-2-4-12-11(3-1)5-6-15(12)7-8-16-10-13-9-14-16/h1-6,9-10H,7-8H2. The van der Waals surface area contributed by atoms with E-state index in [9.17, 15) is 0 Å². The second-order valence-electron chi connectivity index (χ2n) is 3.73. The molecule has 1 aromatic carbocycles. The first-order chi connectivity index (χ1) is 7.93. The maximum Gasteiger partial charge on any atom is 0.137 e. The van der Waals surface area contributed by atoms with Gasteiger partial charge in [0, 0.05) is 18.3 Å². The van der Waals surface area contributed by atoms with E-state index in [1.165, 1.54) is 10.9 Å². The molecule has 4 nitrogen and oxygen atoms in total. The molecule has 0 spiro atoms. The molecule has 2 aromatic heterocycles. The monoisotopic (exact) mass is 212 g/mol. The van der Waals surface area contributed by atoms with Crippen LogP contribution in [0.25, 0.3) is 10.9 Å². The largest absolute Gasteiger partial charge is 0.346 e. The molecule has 3 aromatic rings. The molecule has 0 saturated carbocycles. The van der Waals surface area contributed by atoms with E-state index in [-0.39, 0.29) is 0 Å². The van der Waals surface area contributed by atoms with Gasteiger partial charge in [-0.15, -0.1) is 0 Å². The van der Waals surface area contributed by atoms with Gasteiger partial charge in [-0.05, 0) is 17.5 Å². The van der Waals surface area contributed by atoms with Crippen LogP contribution in [0.1, 0.15) is 0 Å². The molecule has 0 aliphatic carbocycles. The molecule has 80 valence electrons. The highest BCUT2D eigenvalue weighted by Crippen LogP contribution is 2.14. The molecule has 0 radical (unpaired) electrons. The quantitative estimate of drug-likeness (QED) is 0.665. The van der Waals surface area contributed by atoms with Gasteiger partial charge in [0.15, 0.2) is 0 Å².